The fourth-order valence-corrected chi connectivity index (χ4v) is 2.78. The molecule has 1 saturated heterocycles. The van der Waals surface area contributed by atoms with Crippen LogP contribution in [0.2, 0.25) is 0 Å². The highest BCUT2D eigenvalue weighted by Crippen LogP contribution is 2.31. The van der Waals surface area contributed by atoms with Crippen LogP contribution >= 0.6 is 0 Å². The second-order valence-electron chi connectivity index (χ2n) is 4.95. The highest BCUT2D eigenvalue weighted by Gasteiger charge is 2.42. The molecule has 1 unspecified atom stereocenters. The number of likely N-dealkylation sites (N-methyl/N-ethyl adjacent to an activating group) is 1. The molecule has 2 aliphatic heterocycles. The molecule has 0 aliphatic carbocycles. The van der Waals surface area contributed by atoms with Crippen LogP contribution in [0.25, 0.3) is 0 Å². The van der Waals surface area contributed by atoms with Crippen molar-refractivity contribution in [2.45, 2.75) is 12.5 Å². The van der Waals surface area contributed by atoms with Gasteiger partial charge in [0.05, 0.1) is 17.2 Å². The second-order valence-corrected chi connectivity index (χ2v) is 4.95. The van der Waals surface area contributed by atoms with E-state index in [1.54, 1.807) is 18.2 Å². The van der Waals surface area contributed by atoms with Crippen LogP contribution in [-0.2, 0) is 0 Å². The first kappa shape index (κ1) is 11.2. The summed E-state index contributed by atoms with van der Waals surface area (Å²) in [5.74, 6) is -0.448. The summed E-state index contributed by atoms with van der Waals surface area (Å²) in [5.41, 5.74) is 7.00. The zero-order chi connectivity index (χ0) is 12.9. The third kappa shape index (κ3) is 1.44. The van der Waals surface area contributed by atoms with Gasteiger partial charge in [-0.2, -0.15) is 0 Å². The van der Waals surface area contributed by atoms with Crippen LogP contribution in [0.15, 0.2) is 18.2 Å². The quantitative estimate of drug-likeness (QED) is 0.580. The predicted octanol–water partition coefficient (Wildman–Crippen LogP) is 0.569. The van der Waals surface area contributed by atoms with Crippen LogP contribution < -0.4 is 5.73 Å². The van der Waals surface area contributed by atoms with Crippen molar-refractivity contribution in [2.24, 2.45) is 0 Å². The topological polar surface area (TPSA) is 66.6 Å². The molecule has 2 aliphatic rings. The SMILES string of the molecule is CN1CCC(N2C(=O)c3cccc(N)c3C2=O)C1. The molecule has 5 heteroatoms. The van der Waals surface area contributed by atoms with Crippen LogP contribution in [0, 0.1) is 0 Å². The first-order chi connectivity index (χ1) is 8.59. The number of anilines is 1. The van der Waals surface area contributed by atoms with E-state index in [9.17, 15) is 9.59 Å². The maximum atomic E-state index is 12.3. The maximum absolute atomic E-state index is 12.3. The first-order valence-electron chi connectivity index (χ1n) is 6.04. The van der Waals surface area contributed by atoms with Crippen molar-refractivity contribution in [3.05, 3.63) is 29.3 Å². The highest BCUT2D eigenvalue weighted by molar-refractivity contribution is 6.23. The molecule has 1 fully saturated rings. The summed E-state index contributed by atoms with van der Waals surface area (Å²) in [7, 11) is 1.99. The van der Waals surface area contributed by atoms with Gasteiger partial charge in [-0.15, -0.1) is 0 Å². The number of likely N-dealkylation sites (tertiary alicyclic amines) is 1. The minimum Gasteiger partial charge on any atom is -0.398 e. The van der Waals surface area contributed by atoms with Crippen molar-refractivity contribution in [1.82, 2.24) is 9.80 Å². The molecule has 5 nitrogen and oxygen atoms in total. The van der Waals surface area contributed by atoms with Gasteiger partial charge in [-0.1, -0.05) is 6.07 Å². The first-order valence-corrected chi connectivity index (χ1v) is 6.04. The van der Waals surface area contributed by atoms with E-state index in [2.05, 4.69) is 4.90 Å². The molecule has 18 heavy (non-hydrogen) atoms. The number of nitrogens with zero attached hydrogens (tertiary/aromatic N) is 2. The molecule has 2 heterocycles. The zero-order valence-electron chi connectivity index (χ0n) is 10.2. The van der Waals surface area contributed by atoms with Crippen molar-refractivity contribution in [1.29, 1.82) is 0 Å². The van der Waals surface area contributed by atoms with E-state index < -0.39 is 0 Å². The van der Waals surface area contributed by atoms with Gasteiger partial charge < -0.3 is 10.6 Å². The molecular formula is C13H15N3O2. The largest absolute Gasteiger partial charge is 0.398 e. The average Bonchev–Trinajstić information content (AvgIpc) is 2.84. The van der Waals surface area contributed by atoms with Gasteiger partial charge >= 0.3 is 0 Å². The Bertz CT molecular complexity index is 541. The number of amides is 2. The van der Waals surface area contributed by atoms with Gasteiger partial charge in [-0.05, 0) is 32.1 Å². The van der Waals surface area contributed by atoms with E-state index in [-0.39, 0.29) is 17.9 Å². The summed E-state index contributed by atoms with van der Waals surface area (Å²) in [6.07, 6.45) is 0.835. The van der Waals surface area contributed by atoms with Gasteiger partial charge in [0, 0.05) is 12.2 Å². The normalized spacial score (nSPS) is 23.8. The molecule has 1 aromatic rings. The molecule has 0 radical (unpaired) electrons. The summed E-state index contributed by atoms with van der Waals surface area (Å²) >= 11 is 0. The molecule has 0 spiro atoms. The van der Waals surface area contributed by atoms with Gasteiger partial charge in [0.25, 0.3) is 11.8 Å². The number of imide groups is 1. The Morgan fingerprint density at radius 2 is 2.06 bits per heavy atom. The summed E-state index contributed by atoms with van der Waals surface area (Å²) in [5, 5.41) is 0. The van der Waals surface area contributed by atoms with Gasteiger partial charge in [0.2, 0.25) is 0 Å². The number of nitrogens with two attached hydrogens (primary N) is 1. The van der Waals surface area contributed by atoms with Crippen LogP contribution in [0.3, 0.4) is 0 Å². The van der Waals surface area contributed by atoms with Gasteiger partial charge in [-0.25, -0.2) is 0 Å². The predicted molar refractivity (Wildman–Crippen MR) is 67.3 cm³/mol. The highest BCUT2D eigenvalue weighted by atomic mass is 16.2. The summed E-state index contributed by atoms with van der Waals surface area (Å²) in [4.78, 5) is 28.1. The van der Waals surface area contributed by atoms with E-state index >= 15 is 0 Å². The number of hydrogen-bond donors (Lipinski definition) is 1. The lowest BCUT2D eigenvalue weighted by Gasteiger charge is -2.21. The number of rotatable bonds is 1. The molecule has 1 atom stereocenters. The Labute approximate surface area is 105 Å². The minimum atomic E-state index is -0.242. The third-order valence-electron chi connectivity index (χ3n) is 3.71. The molecule has 0 bridgehead atoms. The van der Waals surface area contributed by atoms with E-state index in [0.717, 1.165) is 19.5 Å². The number of benzene rings is 1. The standard InChI is InChI=1S/C13H15N3O2/c1-15-6-5-8(7-15)16-12(17)9-3-2-4-10(14)11(9)13(16)18/h2-4,8H,5-7,14H2,1H3. The second kappa shape index (κ2) is 3.81. The van der Waals surface area contributed by atoms with E-state index in [1.165, 1.54) is 4.90 Å². The van der Waals surface area contributed by atoms with Crippen molar-refractivity contribution in [2.75, 3.05) is 25.9 Å². The van der Waals surface area contributed by atoms with Crippen LogP contribution in [-0.4, -0.2) is 47.8 Å². The Morgan fingerprint density at radius 1 is 1.28 bits per heavy atom. The summed E-state index contributed by atoms with van der Waals surface area (Å²) < 4.78 is 0. The van der Waals surface area contributed by atoms with Crippen molar-refractivity contribution < 1.29 is 9.59 Å². The summed E-state index contributed by atoms with van der Waals surface area (Å²) in [6, 6.07) is 5.02. The molecule has 2 amide bonds. The molecule has 94 valence electrons. The van der Waals surface area contributed by atoms with Crippen molar-refractivity contribution >= 4 is 17.5 Å². The van der Waals surface area contributed by atoms with E-state index in [1.807, 2.05) is 7.05 Å². The zero-order valence-corrected chi connectivity index (χ0v) is 10.2. The lowest BCUT2D eigenvalue weighted by Crippen LogP contribution is -2.41. The lowest BCUT2D eigenvalue weighted by atomic mass is 10.1. The monoisotopic (exact) mass is 245 g/mol. The molecule has 2 N–H and O–H groups in total. The van der Waals surface area contributed by atoms with Gasteiger partial charge in [0.1, 0.15) is 0 Å². The fraction of sp³-hybridized carbons (Fsp3) is 0.385. The number of carbonyl (C=O) groups excluding carboxylic acids is 2. The van der Waals surface area contributed by atoms with Crippen LogP contribution in [0.5, 0.6) is 0 Å². The number of carbonyl (C=O) groups is 2. The molecular weight excluding hydrogens is 230 g/mol. The fourth-order valence-electron chi connectivity index (χ4n) is 2.78. The molecule has 0 aromatic heterocycles. The van der Waals surface area contributed by atoms with E-state index in [4.69, 9.17) is 5.73 Å². The van der Waals surface area contributed by atoms with E-state index in [0.29, 0.717) is 16.8 Å². The average molecular weight is 245 g/mol. The Morgan fingerprint density at radius 3 is 2.67 bits per heavy atom. The summed E-state index contributed by atoms with van der Waals surface area (Å²) in [6.45, 7) is 1.65. The Balaban J connectivity index is 2.00. The molecule has 0 saturated carbocycles. The maximum Gasteiger partial charge on any atom is 0.263 e. The minimum absolute atomic E-state index is 0.0261. The molecule has 3 rings (SSSR count). The smallest absolute Gasteiger partial charge is 0.263 e. The van der Waals surface area contributed by atoms with Crippen LogP contribution in [0.4, 0.5) is 5.69 Å². The van der Waals surface area contributed by atoms with Gasteiger partial charge in [0.15, 0.2) is 0 Å². The van der Waals surface area contributed by atoms with Crippen molar-refractivity contribution in [3.63, 3.8) is 0 Å². The Kier molecular flexibility index (Phi) is 2.38. The molecule has 1 aromatic carbocycles. The van der Waals surface area contributed by atoms with Crippen LogP contribution in [0.1, 0.15) is 27.1 Å². The third-order valence-corrected chi connectivity index (χ3v) is 3.71. The Hall–Kier alpha value is -1.88. The number of hydrogen-bond acceptors (Lipinski definition) is 4. The van der Waals surface area contributed by atoms with Gasteiger partial charge in [-0.3, -0.25) is 14.5 Å². The number of nitrogen functional groups attached to an aromatic ring is 1. The lowest BCUT2D eigenvalue weighted by molar-refractivity contribution is 0.0591. The number of fused-ring (bicyclic) bond motifs is 1. The van der Waals surface area contributed by atoms with Crippen molar-refractivity contribution in [3.8, 4) is 0 Å².